The molecule has 166 valence electrons. The average Bonchev–Trinajstić information content (AvgIpc) is 3.08. The second-order valence-corrected chi connectivity index (χ2v) is 9.41. The minimum atomic E-state index is -0.251. The first-order chi connectivity index (χ1) is 14.2. The highest BCUT2D eigenvalue weighted by Crippen LogP contribution is 2.31. The van der Waals surface area contributed by atoms with Gasteiger partial charge in [-0.3, -0.25) is 4.79 Å². The zero-order valence-corrected chi connectivity index (χ0v) is 20.1. The quantitative estimate of drug-likeness (QED) is 0.494. The van der Waals surface area contributed by atoms with Crippen molar-refractivity contribution in [3.8, 4) is 5.75 Å². The topological polar surface area (TPSA) is 69.0 Å². The van der Waals surface area contributed by atoms with E-state index in [1.54, 1.807) is 0 Å². The van der Waals surface area contributed by atoms with Crippen molar-refractivity contribution in [1.29, 1.82) is 0 Å². The van der Waals surface area contributed by atoms with Crippen molar-refractivity contribution in [2.45, 2.75) is 84.7 Å². The maximum Gasteiger partial charge on any atom is 0.230 e. The predicted octanol–water partition coefficient (Wildman–Crippen LogP) is 5.20. The summed E-state index contributed by atoms with van der Waals surface area (Å²) in [6.45, 7) is 15.5. The molecule has 0 aliphatic heterocycles. The van der Waals surface area contributed by atoms with Crippen molar-refractivity contribution < 1.29 is 9.53 Å². The number of amides is 1. The maximum atomic E-state index is 12.2. The fourth-order valence-electron chi connectivity index (χ4n) is 3.10. The number of hydrogen-bond acceptors (Lipinski definition) is 5. The molecule has 2 aromatic rings. The van der Waals surface area contributed by atoms with Gasteiger partial charge in [0.15, 0.2) is 17.1 Å². The third kappa shape index (κ3) is 6.76. The molecule has 2 rings (SSSR count). The van der Waals surface area contributed by atoms with E-state index in [1.165, 1.54) is 17.3 Å². The molecule has 0 saturated carbocycles. The van der Waals surface area contributed by atoms with Crippen molar-refractivity contribution in [2.75, 3.05) is 5.75 Å². The van der Waals surface area contributed by atoms with Gasteiger partial charge in [0.2, 0.25) is 5.91 Å². The zero-order valence-electron chi connectivity index (χ0n) is 19.3. The standard InChI is InChI=1S/C23H36N4O2S/c1-8-17(6)24-21(28)14-30-23-26-25-22(27(23)13-15(2)3)18(7)29-20-12-10-9-11-19(20)16(4)5/h9-12,15-18H,8,13-14H2,1-7H3,(H,24,28). The van der Waals surface area contributed by atoms with E-state index in [0.717, 1.165) is 29.7 Å². The Bertz CT molecular complexity index is 819. The van der Waals surface area contributed by atoms with Gasteiger partial charge in [0, 0.05) is 12.6 Å². The van der Waals surface area contributed by atoms with Gasteiger partial charge in [-0.2, -0.15) is 0 Å². The van der Waals surface area contributed by atoms with Crippen molar-refractivity contribution in [3.05, 3.63) is 35.7 Å². The number of carbonyl (C=O) groups excluding carboxylic acids is 1. The van der Waals surface area contributed by atoms with Crippen molar-refractivity contribution >= 4 is 17.7 Å². The maximum absolute atomic E-state index is 12.2. The van der Waals surface area contributed by atoms with Crippen molar-refractivity contribution in [3.63, 3.8) is 0 Å². The van der Waals surface area contributed by atoms with Crippen LogP contribution >= 0.6 is 11.8 Å². The lowest BCUT2D eigenvalue weighted by atomic mass is 10.0. The Morgan fingerprint density at radius 1 is 1.13 bits per heavy atom. The number of rotatable bonds is 11. The fourth-order valence-corrected chi connectivity index (χ4v) is 3.87. The van der Waals surface area contributed by atoms with Crippen molar-refractivity contribution in [1.82, 2.24) is 20.1 Å². The second kappa shape index (κ2) is 11.4. The lowest BCUT2D eigenvalue weighted by Crippen LogP contribution is -2.33. The van der Waals surface area contributed by atoms with Crippen LogP contribution in [0, 0.1) is 5.92 Å². The SMILES string of the molecule is CCC(C)NC(=O)CSc1nnc(C(C)Oc2ccccc2C(C)C)n1CC(C)C. The summed E-state index contributed by atoms with van der Waals surface area (Å²) in [6, 6.07) is 8.31. The Morgan fingerprint density at radius 2 is 1.83 bits per heavy atom. The van der Waals surface area contributed by atoms with Crippen LogP contribution in [0.1, 0.15) is 78.3 Å². The Morgan fingerprint density at radius 3 is 2.47 bits per heavy atom. The first kappa shape index (κ1) is 24.3. The van der Waals surface area contributed by atoms with Gasteiger partial charge >= 0.3 is 0 Å². The summed E-state index contributed by atoms with van der Waals surface area (Å²) in [5.41, 5.74) is 1.18. The highest BCUT2D eigenvalue weighted by molar-refractivity contribution is 7.99. The second-order valence-electron chi connectivity index (χ2n) is 8.46. The zero-order chi connectivity index (χ0) is 22.3. The van der Waals surface area contributed by atoms with E-state index in [0.29, 0.717) is 17.6 Å². The van der Waals surface area contributed by atoms with E-state index in [1.807, 2.05) is 32.0 Å². The van der Waals surface area contributed by atoms with Crippen LogP contribution in [-0.2, 0) is 11.3 Å². The molecule has 0 aliphatic carbocycles. The molecule has 7 heteroatoms. The number of nitrogens with one attached hydrogen (secondary N) is 1. The molecule has 6 nitrogen and oxygen atoms in total. The third-order valence-corrected chi connectivity index (χ3v) is 5.82. The van der Waals surface area contributed by atoms with Crippen LogP contribution in [0.5, 0.6) is 5.75 Å². The van der Waals surface area contributed by atoms with Crippen LogP contribution in [0.2, 0.25) is 0 Å². The molecule has 30 heavy (non-hydrogen) atoms. The predicted molar refractivity (Wildman–Crippen MR) is 123 cm³/mol. The minimum Gasteiger partial charge on any atom is -0.482 e. The van der Waals surface area contributed by atoms with Gasteiger partial charge < -0.3 is 14.6 Å². The molecule has 1 N–H and O–H groups in total. The normalized spacial score (nSPS) is 13.5. The molecule has 0 bridgehead atoms. The summed E-state index contributed by atoms with van der Waals surface area (Å²) in [5.74, 6) is 2.80. The molecule has 1 heterocycles. The van der Waals surface area contributed by atoms with Crippen molar-refractivity contribution in [2.24, 2.45) is 5.92 Å². The summed E-state index contributed by atoms with van der Waals surface area (Å²) >= 11 is 1.42. The molecular weight excluding hydrogens is 396 g/mol. The van der Waals surface area contributed by atoms with Crippen LogP contribution < -0.4 is 10.1 Å². The lowest BCUT2D eigenvalue weighted by Gasteiger charge is -2.20. The molecule has 0 fully saturated rings. The monoisotopic (exact) mass is 432 g/mol. The van der Waals surface area contributed by atoms with Gasteiger partial charge in [0.25, 0.3) is 0 Å². The van der Waals surface area contributed by atoms with E-state index in [4.69, 9.17) is 4.74 Å². The third-order valence-electron chi connectivity index (χ3n) is 4.85. The number of benzene rings is 1. The van der Waals surface area contributed by atoms with Crippen LogP contribution in [0.3, 0.4) is 0 Å². The average molecular weight is 433 g/mol. The smallest absolute Gasteiger partial charge is 0.230 e. The van der Waals surface area contributed by atoms with E-state index in [9.17, 15) is 4.79 Å². The van der Waals surface area contributed by atoms with E-state index >= 15 is 0 Å². The molecule has 1 aromatic heterocycles. The molecule has 0 saturated heterocycles. The van der Waals surface area contributed by atoms with Gasteiger partial charge in [-0.25, -0.2) is 0 Å². The van der Waals surface area contributed by atoms with Crippen LogP contribution in [0.25, 0.3) is 0 Å². The number of ether oxygens (including phenoxy) is 1. The fraction of sp³-hybridized carbons (Fsp3) is 0.609. The molecule has 2 atom stereocenters. The van der Waals surface area contributed by atoms with Gasteiger partial charge in [-0.1, -0.05) is 64.6 Å². The summed E-state index contributed by atoms with van der Waals surface area (Å²) < 4.78 is 8.40. The Balaban J connectivity index is 2.18. The number of carbonyl (C=O) groups is 1. The minimum absolute atomic E-state index is 0.0187. The summed E-state index contributed by atoms with van der Waals surface area (Å²) in [7, 11) is 0. The Kier molecular flexibility index (Phi) is 9.21. The van der Waals surface area contributed by atoms with E-state index in [-0.39, 0.29) is 18.1 Å². The summed E-state index contributed by atoms with van der Waals surface area (Å²) in [6.07, 6.45) is 0.663. The lowest BCUT2D eigenvalue weighted by molar-refractivity contribution is -0.119. The Labute approximate surface area is 185 Å². The molecule has 1 amide bonds. The number of hydrogen-bond donors (Lipinski definition) is 1. The first-order valence-electron chi connectivity index (χ1n) is 10.8. The highest BCUT2D eigenvalue weighted by atomic mass is 32.2. The van der Waals surface area contributed by atoms with Gasteiger partial charge in [0.1, 0.15) is 5.75 Å². The number of aromatic nitrogens is 3. The largest absolute Gasteiger partial charge is 0.482 e. The van der Waals surface area contributed by atoms with E-state index in [2.05, 4.69) is 60.8 Å². The molecule has 0 aliphatic rings. The number of thioether (sulfide) groups is 1. The summed E-state index contributed by atoms with van der Waals surface area (Å²) in [5, 5.41) is 12.6. The molecular formula is C23H36N4O2S. The summed E-state index contributed by atoms with van der Waals surface area (Å²) in [4.78, 5) is 12.2. The molecule has 0 spiro atoms. The van der Waals surface area contributed by atoms with Crippen LogP contribution in [0.15, 0.2) is 29.4 Å². The molecule has 1 aromatic carbocycles. The van der Waals surface area contributed by atoms with Crippen LogP contribution in [0.4, 0.5) is 0 Å². The molecule has 2 unspecified atom stereocenters. The highest BCUT2D eigenvalue weighted by Gasteiger charge is 2.22. The van der Waals surface area contributed by atoms with Gasteiger partial charge in [-0.15, -0.1) is 10.2 Å². The van der Waals surface area contributed by atoms with Crippen LogP contribution in [-0.4, -0.2) is 32.5 Å². The first-order valence-corrected chi connectivity index (χ1v) is 11.8. The molecule has 0 radical (unpaired) electrons. The van der Waals surface area contributed by atoms with Gasteiger partial charge in [0.05, 0.1) is 5.75 Å². The Hall–Kier alpha value is -2.02. The van der Waals surface area contributed by atoms with Gasteiger partial charge in [-0.05, 0) is 43.7 Å². The van der Waals surface area contributed by atoms with E-state index < -0.39 is 0 Å². The number of nitrogens with zero attached hydrogens (tertiary/aromatic N) is 3. The number of para-hydroxylation sites is 1.